The minimum atomic E-state index is -0.155. The molecular weight excluding hydrogens is 264 g/mol. The first-order valence-electron chi connectivity index (χ1n) is 6.57. The van der Waals surface area contributed by atoms with Crippen LogP contribution in [0.3, 0.4) is 0 Å². The Morgan fingerprint density at radius 3 is 2.60 bits per heavy atom. The first-order chi connectivity index (χ1) is 9.74. The first kappa shape index (κ1) is 13.0. The Morgan fingerprint density at radius 1 is 1.05 bits per heavy atom. The summed E-state index contributed by atoms with van der Waals surface area (Å²) < 4.78 is 0. The molecule has 2 N–H and O–H groups in total. The number of aromatic nitrogens is 1. The Morgan fingerprint density at radius 2 is 1.85 bits per heavy atom. The fourth-order valence-electron chi connectivity index (χ4n) is 2.18. The van der Waals surface area contributed by atoms with E-state index in [0.717, 1.165) is 21.8 Å². The van der Waals surface area contributed by atoms with Crippen molar-refractivity contribution in [2.45, 2.75) is 13.0 Å². The minimum absolute atomic E-state index is 0.155. The van der Waals surface area contributed by atoms with Crippen molar-refractivity contribution in [3.05, 3.63) is 76.1 Å². The van der Waals surface area contributed by atoms with E-state index in [4.69, 9.17) is 5.73 Å². The minimum Gasteiger partial charge on any atom is -0.318 e. The van der Waals surface area contributed by atoms with Crippen LogP contribution in [0.2, 0.25) is 0 Å². The van der Waals surface area contributed by atoms with E-state index in [2.05, 4.69) is 47.6 Å². The summed E-state index contributed by atoms with van der Waals surface area (Å²) in [6, 6.07) is 18.3. The summed E-state index contributed by atoms with van der Waals surface area (Å²) >= 11 is 1.62. The molecule has 0 saturated carbocycles. The molecule has 100 valence electrons. The topological polar surface area (TPSA) is 38.9 Å². The number of rotatable bonds is 3. The molecular formula is C17H16N2S. The van der Waals surface area contributed by atoms with Crippen molar-refractivity contribution in [1.82, 2.24) is 4.98 Å². The SMILES string of the molecule is Cc1cccc(C(N)c2nc(-c3ccccc3)cs2)c1. The lowest BCUT2D eigenvalue weighted by atomic mass is 10.1. The van der Waals surface area contributed by atoms with Crippen LogP contribution in [0, 0.1) is 6.92 Å². The Hall–Kier alpha value is -1.97. The van der Waals surface area contributed by atoms with Crippen LogP contribution in [0.25, 0.3) is 11.3 Å². The van der Waals surface area contributed by atoms with Gasteiger partial charge in [-0.3, -0.25) is 0 Å². The van der Waals surface area contributed by atoms with Gasteiger partial charge in [0.25, 0.3) is 0 Å². The third kappa shape index (κ3) is 2.64. The van der Waals surface area contributed by atoms with Gasteiger partial charge in [0.2, 0.25) is 0 Å². The van der Waals surface area contributed by atoms with Crippen LogP contribution in [0.5, 0.6) is 0 Å². The van der Waals surface area contributed by atoms with Crippen LogP contribution >= 0.6 is 11.3 Å². The number of nitrogens with two attached hydrogens (primary N) is 1. The maximum atomic E-state index is 6.32. The standard InChI is InChI=1S/C17H16N2S/c1-12-6-5-9-14(10-12)16(18)17-19-15(11-20-17)13-7-3-2-4-8-13/h2-11,16H,18H2,1H3. The van der Waals surface area contributed by atoms with Gasteiger partial charge in [-0.25, -0.2) is 4.98 Å². The highest BCUT2D eigenvalue weighted by Crippen LogP contribution is 2.27. The van der Waals surface area contributed by atoms with E-state index in [1.54, 1.807) is 11.3 Å². The zero-order chi connectivity index (χ0) is 13.9. The van der Waals surface area contributed by atoms with Crippen molar-refractivity contribution >= 4 is 11.3 Å². The van der Waals surface area contributed by atoms with Gasteiger partial charge >= 0.3 is 0 Å². The molecule has 0 amide bonds. The van der Waals surface area contributed by atoms with Gasteiger partial charge in [-0.2, -0.15) is 0 Å². The molecule has 1 heterocycles. The van der Waals surface area contributed by atoms with Crippen molar-refractivity contribution in [3.63, 3.8) is 0 Å². The average Bonchev–Trinajstić information content (AvgIpc) is 2.97. The zero-order valence-corrected chi connectivity index (χ0v) is 12.1. The van der Waals surface area contributed by atoms with E-state index >= 15 is 0 Å². The summed E-state index contributed by atoms with van der Waals surface area (Å²) in [7, 11) is 0. The first-order valence-corrected chi connectivity index (χ1v) is 7.45. The lowest BCUT2D eigenvalue weighted by Crippen LogP contribution is -2.11. The Balaban J connectivity index is 1.90. The van der Waals surface area contributed by atoms with Crippen molar-refractivity contribution in [3.8, 4) is 11.3 Å². The van der Waals surface area contributed by atoms with Crippen molar-refractivity contribution in [1.29, 1.82) is 0 Å². The number of hydrogen-bond acceptors (Lipinski definition) is 3. The number of aryl methyl sites for hydroxylation is 1. The Bertz CT molecular complexity index is 704. The molecule has 20 heavy (non-hydrogen) atoms. The number of nitrogens with zero attached hydrogens (tertiary/aromatic N) is 1. The average molecular weight is 280 g/mol. The van der Waals surface area contributed by atoms with Gasteiger partial charge in [0, 0.05) is 10.9 Å². The number of thiazole rings is 1. The molecule has 0 fully saturated rings. The van der Waals surface area contributed by atoms with Gasteiger partial charge in [0.1, 0.15) is 5.01 Å². The summed E-state index contributed by atoms with van der Waals surface area (Å²) in [4.78, 5) is 4.68. The van der Waals surface area contributed by atoms with Crippen LogP contribution in [0.4, 0.5) is 0 Å². The third-order valence-corrected chi connectivity index (χ3v) is 4.19. The van der Waals surface area contributed by atoms with Crippen molar-refractivity contribution in [2.75, 3.05) is 0 Å². The number of benzene rings is 2. The molecule has 1 atom stereocenters. The molecule has 3 aromatic rings. The molecule has 3 rings (SSSR count). The molecule has 0 bridgehead atoms. The smallest absolute Gasteiger partial charge is 0.115 e. The fourth-order valence-corrected chi connectivity index (χ4v) is 3.03. The zero-order valence-electron chi connectivity index (χ0n) is 11.3. The second-order valence-corrected chi connectivity index (χ2v) is 5.72. The molecule has 3 heteroatoms. The highest BCUT2D eigenvalue weighted by molar-refractivity contribution is 7.10. The highest BCUT2D eigenvalue weighted by atomic mass is 32.1. The lowest BCUT2D eigenvalue weighted by Gasteiger charge is -2.09. The molecule has 0 aliphatic rings. The molecule has 0 aliphatic carbocycles. The Labute approximate surface area is 122 Å². The van der Waals surface area contributed by atoms with E-state index < -0.39 is 0 Å². The summed E-state index contributed by atoms with van der Waals surface area (Å²) in [6.45, 7) is 2.08. The normalized spacial score (nSPS) is 12.3. The molecule has 2 nitrogen and oxygen atoms in total. The predicted octanol–water partition coefficient (Wildman–Crippen LogP) is 4.17. The molecule has 0 aliphatic heterocycles. The second kappa shape index (κ2) is 5.57. The van der Waals surface area contributed by atoms with Crippen LogP contribution in [-0.2, 0) is 0 Å². The highest BCUT2D eigenvalue weighted by Gasteiger charge is 2.14. The van der Waals surface area contributed by atoms with Crippen molar-refractivity contribution in [2.24, 2.45) is 5.73 Å². The molecule has 1 aromatic heterocycles. The second-order valence-electron chi connectivity index (χ2n) is 4.83. The summed E-state index contributed by atoms with van der Waals surface area (Å²) in [6.07, 6.45) is 0. The molecule has 0 radical (unpaired) electrons. The predicted molar refractivity (Wildman–Crippen MR) is 84.8 cm³/mol. The third-order valence-electron chi connectivity index (χ3n) is 3.26. The van der Waals surface area contributed by atoms with Crippen LogP contribution in [-0.4, -0.2) is 4.98 Å². The van der Waals surface area contributed by atoms with E-state index in [9.17, 15) is 0 Å². The molecule has 2 aromatic carbocycles. The van der Waals surface area contributed by atoms with E-state index in [1.807, 2.05) is 24.3 Å². The number of hydrogen-bond donors (Lipinski definition) is 1. The summed E-state index contributed by atoms with van der Waals surface area (Å²) in [5.74, 6) is 0. The van der Waals surface area contributed by atoms with Gasteiger partial charge in [0.15, 0.2) is 0 Å². The van der Waals surface area contributed by atoms with Gasteiger partial charge < -0.3 is 5.73 Å². The van der Waals surface area contributed by atoms with Crippen LogP contribution < -0.4 is 5.73 Å². The van der Waals surface area contributed by atoms with Gasteiger partial charge in [-0.15, -0.1) is 11.3 Å². The molecule has 1 unspecified atom stereocenters. The maximum absolute atomic E-state index is 6.32. The Kier molecular flexibility index (Phi) is 3.63. The van der Waals surface area contributed by atoms with E-state index in [-0.39, 0.29) is 6.04 Å². The maximum Gasteiger partial charge on any atom is 0.115 e. The van der Waals surface area contributed by atoms with Gasteiger partial charge in [0.05, 0.1) is 11.7 Å². The molecule has 0 spiro atoms. The van der Waals surface area contributed by atoms with E-state index in [1.165, 1.54) is 5.56 Å². The quantitative estimate of drug-likeness (QED) is 0.782. The molecule has 0 saturated heterocycles. The lowest BCUT2D eigenvalue weighted by molar-refractivity contribution is 0.857. The van der Waals surface area contributed by atoms with Crippen molar-refractivity contribution < 1.29 is 0 Å². The summed E-state index contributed by atoms with van der Waals surface area (Å²) in [5.41, 5.74) is 10.8. The van der Waals surface area contributed by atoms with Crippen LogP contribution in [0.15, 0.2) is 60.0 Å². The van der Waals surface area contributed by atoms with E-state index in [0.29, 0.717) is 0 Å². The van der Waals surface area contributed by atoms with Gasteiger partial charge in [-0.1, -0.05) is 60.2 Å². The fraction of sp³-hybridized carbons (Fsp3) is 0.118. The van der Waals surface area contributed by atoms with Crippen LogP contribution in [0.1, 0.15) is 22.2 Å². The van der Waals surface area contributed by atoms with Gasteiger partial charge in [-0.05, 0) is 12.5 Å². The largest absolute Gasteiger partial charge is 0.318 e. The monoisotopic (exact) mass is 280 g/mol. The summed E-state index contributed by atoms with van der Waals surface area (Å²) in [5, 5.41) is 3.02.